The monoisotopic (exact) mass is 382 g/mol. The van der Waals surface area contributed by atoms with Gasteiger partial charge in [0.2, 0.25) is 11.8 Å². The third kappa shape index (κ3) is 6.18. The van der Waals surface area contributed by atoms with Crippen molar-refractivity contribution >= 4 is 23.4 Å². The van der Waals surface area contributed by atoms with Gasteiger partial charge in [0.05, 0.1) is 26.2 Å². The molecule has 1 atom stereocenters. The van der Waals surface area contributed by atoms with Gasteiger partial charge < -0.3 is 19.9 Å². The second-order valence-electron chi connectivity index (χ2n) is 7.05. The predicted molar refractivity (Wildman–Crippen MR) is 102 cm³/mol. The maximum absolute atomic E-state index is 12.7. The maximum Gasteiger partial charge on any atom is 0.245 e. The molecule has 0 unspecified atom stereocenters. The number of quaternary nitrogens is 1. The molecule has 144 valence electrons. The van der Waals surface area contributed by atoms with Crippen molar-refractivity contribution in [2.24, 2.45) is 5.92 Å². The van der Waals surface area contributed by atoms with E-state index in [1.54, 1.807) is 0 Å². The van der Waals surface area contributed by atoms with Crippen LogP contribution < -0.4 is 15.0 Å². The van der Waals surface area contributed by atoms with Gasteiger partial charge in [-0.25, -0.2) is 0 Å². The first-order valence-corrected chi connectivity index (χ1v) is 9.52. The lowest BCUT2D eigenvalue weighted by Crippen LogP contribution is -3.15. The molecule has 2 amide bonds. The van der Waals surface area contributed by atoms with Crippen LogP contribution in [0.5, 0.6) is 5.75 Å². The number of hydrogen-bond donors (Lipinski definition) is 2. The van der Waals surface area contributed by atoms with Crippen LogP contribution in [0.1, 0.15) is 20.8 Å². The topological polar surface area (TPSA) is 63.1 Å². The minimum Gasteiger partial charge on any atom is -0.488 e. The molecule has 2 rings (SSSR count). The van der Waals surface area contributed by atoms with E-state index in [-0.39, 0.29) is 17.7 Å². The lowest BCUT2D eigenvalue weighted by atomic mass is 10.0. The first kappa shape index (κ1) is 20.5. The fourth-order valence-corrected chi connectivity index (χ4v) is 3.19. The molecule has 1 saturated heterocycles. The molecule has 7 heteroatoms. The van der Waals surface area contributed by atoms with E-state index in [1.165, 1.54) is 11.8 Å². The van der Waals surface area contributed by atoms with Gasteiger partial charge in [0.25, 0.3) is 0 Å². The number of nitrogens with zero attached hydrogens (tertiary/aromatic N) is 1. The van der Waals surface area contributed by atoms with E-state index in [0.29, 0.717) is 24.7 Å². The minimum absolute atomic E-state index is 0.0201. The van der Waals surface area contributed by atoms with Gasteiger partial charge in [0.1, 0.15) is 24.9 Å². The van der Waals surface area contributed by atoms with Crippen molar-refractivity contribution in [1.29, 1.82) is 0 Å². The smallest absolute Gasteiger partial charge is 0.245 e. The van der Waals surface area contributed by atoms with Crippen molar-refractivity contribution in [3.63, 3.8) is 0 Å². The highest BCUT2D eigenvalue weighted by atomic mass is 35.5. The molecule has 1 aliphatic rings. The molecule has 2 N–H and O–H groups in total. The third-order valence-corrected chi connectivity index (χ3v) is 4.86. The van der Waals surface area contributed by atoms with E-state index in [2.05, 4.69) is 5.32 Å². The molecule has 0 aliphatic carbocycles. The van der Waals surface area contributed by atoms with Crippen LogP contribution in [0.15, 0.2) is 24.3 Å². The molecular weight excluding hydrogens is 354 g/mol. The molecular formula is C19H29ClN3O3+. The molecule has 0 bridgehead atoms. The molecule has 0 radical (unpaired) electrons. The van der Waals surface area contributed by atoms with Gasteiger partial charge in [-0.05, 0) is 30.2 Å². The molecule has 0 saturated carbocycles. The number of ether oxygens (including phenoxy) is 1. The van der Waals surface area contributed by atoms with Gasteiger partial charge in [-0.1, -0.05) is 25.4 Å². The zero-order chi connectivity index (χ0) is 19.1. The van der Waals surface area contributed by atoms with Gasteiger partial charge in [-0.2, -0.15) is 0 Å². The molecule has 6 nitrogen and oxygen atoms in total. The second-order valence-corrected chi connectivity index (χ2v) is 7.49. The Bertz CT molecular complexity index is 599. The first-order chi connectivity index (χ1) is 12.4. The van der Waals surface area contributed by atoms with E-state index in [1.807, 2.05) is 43.0 Å². The standard InChI is InChI=1S/C19H28ClN3O3/c1-14(2)18(21-15(3)24)19(25)23-10-8-22(9-11-23)12-13-26-17-6-4-16(20)5-7-17/h4-7,14,18H,8-13H2,1-3H3,(H,21,24)/p+1/t18-/m0/s1. The highest BCUT2D eigenvalue weighted by molar-refractivity contribution is 6.30. The number of benzene rings is 1. The average Bonchev–Trinajstić information content (AvgIpc) is 2.61. The van der Waals surface area contributed by atoms with Crippen LogP contribution in [0.2, 0.25) is 5.02 Å². The molecule has 1 fully saturated rings. The quantitative estimate of drug-likeness (QED) is 0.726. The Morgan fingerprint density at radius 3 is 2.38 bits per heavy atom. The summed E-state index contributed by atoms with van der Waals surface area (Å²) in [7, 11) is 0. The predicted octanol–water partition coefficient (Wildman–Crippen LogP) is 0.607. The van der Waals surface area contributed by atoms with Crippen LogP contribution in [0.4, 0.5) is 0 Å². The Hall–Kier alpha value is -1.79. The number of amides is 2. The Kier molecular flexibility index (Phi) is 7.72. The fourth-order valence-electron chi connectivity index (χ4n) is 3.07. The van der Waals surface area contributed by atoms with Crippen molar-refractivity contribution in [3.05, 3.63) is 29.3 Å². The Morgan fingerprint density at radius 2 is 1.85 bits per heavy atom. The number of rotatable bonds is 7. The fraction of sp³-hybridized carbons (Fsp3) is 0.579. The number of hydrogen-bond acceptors (Lipinski definition) is 3. The molecule has 1 aromatic rings. The summed E-state index contributed by atoms with van der Waals surface area (Å²) < 4.78 is 5.74. The van der Waals surface area contributed by atoms with Crippen LogP contribution in [0.25, 0.3) is 0 Å². The van der Waals surface area contributed by atoms with Crippen LogP contribution >= 0.6 is 11.6 Å². The van der Waals surface area contributed by atoms with E-state index >= 15 is 0 Å². The number of halogens is 1. The summed E-state index contributed by atoms with van der Waals surface area (Å²) in [5.74, 6) is 0.745. The molecule has 26 heavy (non-hydrogen) atoms. The highest BCUT2D eigenvalue weighted by Gasteiger charge is 2.31. The lowest BCUT2D eigenvalue weighted by Gasteiger charge is -2.35. The van der Waals surface area contributed by atoms with E-state index in [9.17, 15) is 9.59 Å². The number of piperazine rings is 1. The Labute approximate surface area is 160 Å². The third-order valence-electron chi connectivity index (χ3n) is 4.61. The van der Waals surface area contributed by atoms with Gasteiger partial charge in [-0.15, -0.1) is 0 Å². The van der Waals surface area contributed by atoms with Crippen molar-refractivity contribution < 1.29 is 19.2 Å². The Morgan fingerprint density at radius 1 is 1.23 bits per heavy atom. The minimum atomic E-state index is -0.442. The molecule has 0 spiro atoms. The first-order valence-electron chi connectivity index (χ1n) is 9.14. The van der Waals surface area contributed by atoms with Crippen LogP contribution in [0.3, 0.4) is 0 Å². The summed E-state index contributed by atoms with van der Waals surface area (Å²) in [5.41, 5.74) is 0. The Balaban J connectivity index is 1.74. The summed E-state index contributed by atoms with van der Waals surface area (Å²) in [6.45, 7) is 10.1. The number of carbonyl (C=O) groups is 2. The van der Waals surface area contributed by atoms with Crippen molar-refractivity contribution in [2.45, 2.75) is 26.8 Å². The maximum atomic E-state index is 12.7. The summed E-state index contributed by atoms with van der Waals surface area (Å²) in [6.07, 6.45) is 0. The molecule has 1 heterocycles. The van der Waals surface area contributed by atoms with Crippen molar-refractivity contribution in [2.75, 3.05) is 39.3 Å². The molecule has 1 aliphatic heterocycles. The van der Waals surface area contributed by atoms with E-state index < -0.39 is 6.04 Å². The summed E-state index contributed by atoms with van der Waals surface area (Å²) in [6, 6.07) is 6.91. The summed E-state index contributed by atoms with van der Waals surface area (Å²) in [5, 5.41) is 3.47. The second kappa shape index (κ2) is 9.78. The highest BCUT2D eigenvalue weighted by Crippen LogP contribution is 2.15. The van der Waals surface area contributed by atoms with Gasteiger partial charge in [0, 0.05) is 11.9 Å². The van der Waals surface area contributed by atoms with Gasteiger partial charge >= 0.3 is 0 Å². The number of nitrogens with one attached hydrogen (secondary N) is 2. The summed E-state index contributed by atoms with van der Waals surface area (Å²) in [4.78, 5) is 27.3. The van der Waals surface area contributed by atoms with Crippen LogP contribution in [0, 0.1) is 5.92 Å². The van der Waals surface area contributed by atoms with Crippen molar-refractivity contribution in [1.82, 2.24) is 10.2 Å². The largest absolute Gasteiger partial charge is 0.488 e. The van der Waals surface area contributed by atoms with Gasteiger partial charge in [-0.3, -0.25) is 9.59 Å². The average molecular weight is 383 g/mol. The van der Waals surface area contributed by atoms with Gasteiger partial charge in [0.15, 0.2) is 0 Å². The normalized spacial score (nSPS) is 16.4. The van der Waals surface area contributed by atoms with Crippen LogP contribution in [-0.4, -0.2) is 62.1 Å². The molecule has 0 aromatic heterocycles. The zero-order valence-electron chi connectivity index (χ0n) is 15.8. The lowest BCUT2D eigenvalue weighted by molar-refractivity contribution is -0.904. The van der Waals surface area contributed by atoms with Crippen LogP contribution in [-0.2, 0) is 9.59 Å². The number of carbonyl (C=O) groups excluding carboxylic acids is 2. The zero-order valence-corrected chi connectivity index (χ0v) is 16.5. The van der Waals surface area contributed by atoms with E-state index in [0.717, 1.165) is 25.4 Å². The van der Waals surface area contributed by atoms with Crippen molar-refractivity contribution in [3.8, 4) is 5.75 Å². The van der Waals surface area contributed by atoms with E-state index in [4.69, 9.17) is 16.3 Å². The molecule has 1 aromatic carbocycles. The summed E-state index contributed by atoms with van der Waals surface area (Å²) >= 11 is 5.86. The SMILES string of the molecule is CC(=O)N[C@H](C(=O)N1CC[NH+](CCOc2ccc(Cl)cc2)CC1)C(C)C.